The van der Waals surface area contributed by atoms with Crippen LogP contribution in [0.1, 0.15) is 39.5 Å². The third kappa shape index (κ3) is 2.32. The SMILES string of the molecule is CC(C)C1CN(C2CCC(O)CC2)C(=O)N1. The Morgan fingerprint density at radius 1 is 1.31 bits per heavy atom. The number of aliphatic hydroxyl groups is 1. The minimum absolute atomic E-state index is 0.0834. The van der Waals surface area contributed by atoms with Crippen LogP contribution in [0.2, 0.25) is 0 Å². The third-order valence-electron chi connectivity index (χ3n) is 3.87. The summed E-state index contributed by atoms with van der Waals surface area (Å²) < 4.78 is 0. The highest BCUT2D eigenvalue weighted by Crippen LogP contribution is 2.26. The van der Waals surface area contributed by atoms with E-state index in [1.807, 2.05) is 4.90 Å². The molecular weight excluding hydrogens is 204 g/mol. The molecule has 2 fully saturated rings. The summed E-state index contributed by atoms with van der Waals surface area (Å²) in [7, 11) is 0. The average molecular weight is 226 g/mol. The molecule has 1 heterocycles. The predicted molar refractivity (Wildman–Crippen MR) is 62.1 cm³/mol. The van der Waals surface area contributed by atoms with E-state index < -0.39 is 0 Å². The summed E-state index contributed by atoms with van der Waals surface area (Å²) in [4.78, 5) is 13.8. The largest absolute Gasteiger partial charge is 0.393 e. The van der Waals surface area contributed by atoms with Crippen molar-refractivity contribution in [2.45, 2.75) is 57.7 Å². The second-order valence-corrected chi connectivity index (χ2v) is 5.41. The van der Waals surface area contributed by atoms with E-state index in [0.717, 1.165) is 32.2 Å². The summed E-state index contributed by atoms with van der Waals surface area (Å²) in [5.41, 5.74) is 0. The lowest BCUT2D eigenvalue weighted by atomic mass is 9.92. The van der Waals surface area contributed by atoms with Gasteiger partial charge in [0.2, 0.25) is 0 Å². The number of hydrogen-bond donors (Lipinski definition) is 2. The van der Waals surface area contributed by atoms with Gasteiger partial charge in [-0.1, -0.05) is 13.8 Å². The van der Waals surface area contributed by atoms with Crippen molar-refractivity contribution in [3.8, 4) is 0 Å². The molecule has 0 aromatic rings. The Kier molecular flexibility index (Phi) is 3.38. The first kappa shape index (κ1) is 11.7. The number of aliphatic hydroxyl groups excluding tert-OH is 1. The summed E-state index contributed by atoms with van der Waals surface area (Å²) in [6.07, 6.45) is 3.41. The Morgan fingerprint density at radius 2 is 1.94 bits per heavy atom. The van der Waals surface area contributed by atoms with Crippen LogP contribution in [0, 0.1) is 5.92 Å². The van der Waals surface area contributed by atoms with Crippen LogP contribution in [-0.2, 0) is 0 Å². The number of nitrogens with zero attached hydrogens (tertiary/aromatic N) is 1. The van der Waals surface area contributed by atoms with E-state index in [1.165, 1.54) is 0 Å². The third-order valence-corrected chi connectivity index (χ3v) is 3.87. The van der Waals surface area contributed by atoms with Crippen molar-refractivity contribution < 1.29 is 9.90 Å². The van der Waals surface area contributed by atoms with Crippen LogP contribution < -0.4 is 5.32 Å². The number of carbonyl (C=O) groups is 1. The first-order valence-electron chi connectivity index (χ1n) is 6.33. The highest BCUT2D eigenvalue weighted by molar-refractivity contribution is 5.77. The maximum absolute atomic E-state index is 11.8. The van der Waals surface area contributed by atoms with E-state index >= 15 is 0 Å². The number of amides is 2. The molecule has 1 saturated carbocycles. The fraction of sp³-hybridized carbons (Fsp3) is 0.917. The van der Waals surface area contributed by atoms with Gasteiger partial charge in [-0.25, -0.2) is 4.79 Å². The molecule has 2 rings (SSSR count). The van der Waals surface area contributed by atoms with E-state index in [2.05, 4.69) is 19.2 Å². The van der Waals surface area contributed by atoms with Crippen LogP contribution in [0.3, 0.4) is 0 Å². The zero-order valence-corrected chi connectivity index (χ0v) is 10.1. The second kappa shape index (κ2) is 4.62. The summed E-state index contributed by atoms with van der Waals surface area (Å²) in [5.74, 6) is 0.489. The molecule has 1 atom stereocenters. The number of nitrogens with one attached hydrogen (secondary N) is 1. The molecule has 0 aromatic carbocycles. The maximum atomic E-state index is 11.8. The summed E-state index contributed by atoms with van der Waals surface area (Å²) in [5, 5.41) is 12.5. The molecule has 1 aliphatic heterocycles. The maximum Gasteiger partial charge on any atom is 0.318 e. The first-order chi connectivity index (χ1) is 7.58. The van der Waals surface area contributed by atoms with Gasteiger partial charge in [0.1, 0.15) is 0 Å². The van der Waals surface area contributed by atoms with Crippen molar-refractivity contribution in [2.75, 3.05) is 6.54 Å². The van der Waals surface area contributed by atoms with Crippen LogP contribution in [0.4, 0.5) is 4.79 Å². The molecule has 0 aromatic heterocycles. The zero-order valence-electron chi connectivity index (χ0n) is 10.1. The van der Waals surface area contributed by atoms with Crippen LogP contribution in [-0.4, -0.2) is 40.8 Å². The molecule has 0 bridgehead atoms. The van der Waals surface area contributed by atoms with Crippen molar-refractivity contribution in [1.29, 1.82) is 0 Å². The van der Waals surface area contributed by atoms with E-state index in [4.69, 9.17) is 0 Å². The van der Waals surface area contributed by atoms with Gasteiger partial charge in [-0.15, -0.1) is 0 Å². The quantitative estimate of drug-likeness (QED) is 0.746. The molecule has 2 amide bonds. The van der Waals surface area contributed by atoms with Crippen molar-refractivity contribution in [2.24, 2.45) is 5.92 Å². The Balaban J connectivity index is 1.92. The van der Waals surface area contributed by atoms with Crippen LogP contribution in [0.15, 0.2) is 0 Å². The topological polar surface area (TPSA) is 52.6 Å². The van der Waals surface area contributed by atoms with Crippen LogP contribution >= 0.6 is 0 Å². The molecular formula is C12H22N2O2. The van der Waals surface area contributed by atoms with E-state index in [-0.39, 0.29) is 12.1 Å². The standard InChI is InChI=1S/C12H22N2O2/c1-8(2)11-7-14(12(16)13-11)9-3-5-10(15)6-4-9/h8-11,15H,3-7H2,1-2H3,(H,13,16). The molecule has 1 saturated heterocycles. The molecule has 1 unspecified atom stereocenters. The lowest BCUT2D eigenvalue weighted by molar-refractivity contribution is 0.0902. The fourth-order valence-electron chi connectivity index (χ4n) is 2.64. The average Bonchev–Trinajstić information content (AvgIpc) is 2.62. The van der Waals surface area contributed by atoms with Gasteiger partial charge in [-0.05, 0) is 31.6 Å². The lowest BCUT2D eigenvalue weighted by Gasteiger charge is -2.32. The minimum Gasteiger partial charge on any atom is -0.393 e. The lowest BCUT2D eigenvalue weighted by Crippen LogP contribution is -2.41. The summed E-state index contributed by atoms with van der Waals surface area (Å²) in [6.45, 7) is 5.11. The Bertz CT molecular complexity index is 260. The fourth-order valence-corrected chi connectivity index (χ4v) is 2.64. The number of carbonyl (C=O) groups excluding carboxylic acids is 1. The molecule has 4 nitrogen and oxygen atoms in total. The highest BCUT2D eigenvalue weighted by Gasteiger charge is 2.36. The molecule has 4 heteroatoms. The van der Waals surface area contributed by atoms with Gasteiger partial charge >= 0.3 is 6.03 Å². The first-order valence-corrected chi connectivity index (χ1v) is 6.33. The van der Waals surface area contributed by atoms with Gasteiger partial charge < -0.3 is 15.3 Å². The number of urea groups is 1. The molecule has 0 spiro atoms. The molecule has 2 N–H and O–H groups in total. The van der Waals surface area contributed by atoms with E-state index in [1.54, 1.807) is 0 Å². The summed E-state index contributed by atoms with van der Waals surface area (Å²) in [6, 6.07) is 0.714. The van der Waals surface area contributed by atoms with Gasteiger partial charge in [-0.2, -0.15) is 0 Å². The van der Waals surface area contributed by atoms with Gasteiger partial charge in [0, 0.05) is 12.6 Å². The Hall–Kier alpha value is -0.770. The Labute approximate surface area is 97.0 Å². The monoisotopic (exact) mass is 226 g/mol. The van der Waals surface area contributed by atoms with Gasteiger partial charge in [-0.3, -0.25) is 0 Å². The van der Waals surface area contributed by atoms with Crippen LogP contribution in [0.5, 0.6) is 0 Å². The van der Waals surface area contributed by atoms with E-state index in [9.17, 15) is 9.90 Å². The zero-order chi connectivity index (χ0) is 11.7. The van der Waals surface area contributed by atoms with Gasteiger partial charge in [0.25, 0.3) is 0 Å². The highest BCUT2D eigenvalue weighted by atomic mass is 16.3. The van der Waals surface area contributed by atoms with Crippen molar-refractivity contribution in [3.05, 3.63) is 0 Å². The molecule has 0 radical (unpaired) electrons. The van der Waals surface area contributed by atoms with Crippen molar-refractivity contribution in [3.63, 3.8) is 0 Å². The molecule has 16 heavy (non-hydrogen) atoms. The predicted octanol–water partition coefficient (Wildman–Crippen LogP) is 1.34. The van der Waals surface area contributed by atoms with Gasteiger partial charge in [0.05, 0.1) is 12.1 Å². The molecule has 2 aliphatic rings. The minimum atomic E-state index is -0.150. The van der Waals surface area contributed by atoms with E-state index in [0.29, 0.717) is 18.0 Å². The second-order valence-electron chi connectivity index (χ2n) is 5.41. The number of hydrogen-bond acceptors (Lipinski definition) is 2. The molecule has 1 aliphatic carbocycles. The van der Waals surface area contributed by atoms with Crippen molar-refractivity contribution >= 4 is 6.03 Å². The van der Waals surface area contributed by atoms with Crippen LogP contribution in [0.25, 0.3) is 0 Å². The number of rotatable bonds is 2. The molecule has 92 valence electrons. The smallest absolute Gasteiger partial charge is 0.318 e. The van der Waals surface area contributed by atoms with Gasteiger partial charge in [0.15, 0.2) is 0 Å². The Morgan fingerprint density at radius 3 is 2.44 bits per heavy atom. The van der Waals surface area contributed by atoms with Crippen molar-refractivity contribution in [1.82, 2.24) is 10.2 Å². The summed E-state index contributed by atoms with van der Waals surface area (Å²) >= 11 is 0. The normalized spacial score (nSPS) is 35.6.